The fourth-order valence-corrected chi connectivity index (χ4v) is 3.53. The number of nitrogens with zero attached hydrogens (tertiary/aromatic N) is 3. The lowest BCUT2D eigenvalue weighted by molar-refractivity contribution is 0.309. The third-order valence-electron chi connectivity index (χ3n) is 4.66. The summed E-state index contributed by atoms with van der Waals surface area (Å²) in [5.74, 6) is 0. The van der Waals surface area contributed by atoms with Crippen LogP contribution in [0.3, 0.4) is 0 Å². The average Bonchev–Trinajstić information content (AvgIpc) is 2.87. The maximum Gasteiger partial charge on any atom is 0.0928 e. The van der Waals surface area contributed by atoms with Crippen LogP contribution >= 0.6 is 0 Å². The Kier molecular flexibility index (Phi) is 3.43. The molecule has 0 spiro atoms. The van der Waals surface area contributed by atoms with E-state index in [0.29, 0.717) is 0 Å². The summed E-state index contributed by atoms with van der Waals surface area (Å²) in [6.45, 7) is 3.18. The van der Waals surface area contributed by atoms with Gasteiger partial charge in [-0.25, -0.2) is 0 Å². The number of pyridine rings is 1. The summed E-state index contributed by atoms with van der Waals surface area (Å²) in [5, 5.41) is 0. The number of rotatable bonds is 3. The highest BCUT2D eigenvalue weighted by molar-refractivity contribution is 5.81. The molecule has 0 radical (unpaired) electrons. The van der Waals surface area contributed by atoms with Crippen molar-refractivity contribution >= 4 is 11.0 Å². The number of aryl methyl sites for hydroxylation is 2. The molecule has 0 bridgehead atoms. The highest BCUT2D eigenvalue weighted by Gasteiger charge is 2.22. The molecule has 1 aliphatic heterocycles. The van der Waals surface area contributed by atoms with Gasteiger partial charge in [-0.1, -0.05) is 30.3 Å². The Hall–Kier alpha value is -2.13. The van der Waals surface area contributed by atoms with E-state index >= 15 is 0 Å². The van der Waals surface area contributed by atoms with Crippen molar-refractivity contribution in [2.75, 3.05) is 13.6 Å². The van der Waals surface area contributed by atoms with Gasteiger partial charge in [-0.05, 0) is 31.2 Å². The predicted octanol–water partition coefficient (Wildman–Crippen LogP) is 3.27. The SMILES string of the molecule is CN1CCc2c(c3ncccc3n2CCc2ccccc2)C1. The van der Waals surface area contributed by atoms with Crippen LogP contribution in [0.25, 0.3) is 11.0 Å². The molecule has 0 N–H and O–H groups in total. The lowest BCUT2D eigenvalue weighted by Crippen LogP contribution is -2.27. The van der Waals surface area contributed by atoms with Gasteiger partial charge in [0.05, 0.1) is 11.0 Å². The molecule has 3 heteroatoms. The molecule has 1 aliphatic rings. The van der Waals surface area contributed by atoms with Crippen LogP contribution in [-0.2, 0) is 25.9 Å². The van der Waals surface area contributed by atoms with Crippen LogP contribution in [-0.4, -0.2) is 28.0 Å². The lowest BCUT2D eigenvalue weighted by Gasteiger charge is -2.24. The highest BCUT2D eigenvalue weighted by atomic mass is 15.1. The third-order valence-corrected chi connectivity index (χ3v) is 4.66. The summed E-state index contributed by atoms with van der Waals surface area (Å²) in [7, 11) is 2.19. The van der Waals surface area contributed by atoms with E-state index in [2.05, 4.69) is 64.0 Å². The fourth-order valence-electron chi connectivity index (χ4n) is 3.53. The Morgan fingerprint density at radius 2 is 1.95 bits per heavy atom. The third kappa shape index (κ3) is 2.32. The maximum atomic E-state index is 4.66. The smallest absolute Gasteiger partial charge is 0.0928 e. The van der Waals surface area contributed by atoms with Crippen LogP contribution < -0.4 is 0 Å². The van der Waals surface area contributed by atoms with E-state index in [1.165, 1.54) is 27.9 Å². The van der Waals surface area contributed by atoms with Gasteiger partial charge >= 0.3 is 0 Å². The standard InChI is InChI=1S/C19H21N3/c1-21-12-10-17-16(14-21)19-18(8-5-11-20-19)22(17)13-9-15-6-3-2-4-7-15/h2-8,11H,9-10,12-14H2,1H3. The molecule has 0 saturated carbocycles. The van der Waals surface area contributed by atoms with Gasteiger partial charge in [-0.3, -0.25) is 4.98 Å². The number of fused-ring (bicyclic) bond motifs is 3. The van der Waals surface area contributed by atoms with Gasteiger partial charge in [0.1, 0.15) is 0 Å². The molecule has 0 unspecified atom stereocenters. The van der Waals surface area contributed by atoms with E-state index in [1.807, 2.05) is 6.20 Å². The minimum atomic E-state index is 1.02. The first kappa shape index (κ1) is 13.5. The van der Waals surface area contributed by atoms with E-state index in [1.54, 1.807) is 0 Å². The van der Waals surface area contributed by atoms with Gasteiger partial charge in [0, 0.05) is 43.5 Å². The second kappa shape index (κ2) is 5.58. The second-order valence-electron chi connectivity index (χ2n) is 6.17. The van der Waals surface area contributed by atoms with Crippen molar-refractivity contribution in [1.29, 1.82) is 0 Å². The minimum absolute atomic E-state index is 1.02. The number of likely N-dealkylation sites (N-methyl/N-ethyl adjacent to an activating group) is 1. The Bertz CT molecular complexity index is 789. The zero-order chi connectivity index (χ0) is 14.9. The van der Waals surface area contributed by atoms with E-state index in [-0.39, 0.29) is 0 Å². The topological polar surface area (TPSA) is 21.1 Å². The summed E-state index contributed by atoms with van der Waals surface area (Å²) < 4.78 is 2.50. The molecule has 22 heavy (non-hydrogen) atoms. The summed E-state index contributed by atoms with van der Waals surface area (Å²) in [6.07, 6.45) is 4.11. The molecular weight excluding hydrogens is 270 g/mol. The van der Waals surface area contributed by atoms with Gasteiger partial charge < -0.3 is 9.47 Å². The van der Waals surface area contributed by atoms with Gasteiger partial charge in [0.2, 0.25) is 0 Å². The molecule has 3 aromatic rings. The van der Waals surface area contributed by atoms with Gasteiger partial charge in [0.25, 0.3) is 0 Å². The van der Waals surface area contributed by atoms with Crippen LogP contribution in [0.4, 0.5) is 0 Å². The van der Waals surface area contributed by atoms with Crippen molar-refractivity contribution in [3.05, 3.63) is 65.5 Å². The van der Waals surface area contributed by atoms with Crippen LogP contribution in [0.2, 0.25) is 0 Å². The van der Waals surface area contributed by atoms with Crippen molar-refractivity contribution in [1.82, 2.24) is 14.5 Å². The Labute approximate surface area is 131 Å². The highest BCUT2D eigenvalue weighted by Crippen LogP contribution is 2.29. The molecule has 3 nitrogen and oxygen atoms in total. The molecule has 0 atom stereocenters. The van der Waals surface area contributed by atoms with Crippen LogP contribution in [0.1, 0.15) is 16.8 Å². The zero-order valence-electron chi connectivity index (χ0n) is 13.0. The molecule has 0 fully saturated rings. The van der Waals surface area contributed by atoms with Crippen molar-refractivity contribution in [2.45, 2.75) is 25.9 Å². The summed E-state index contributed by atoms with van der Waals surface area (Å²) in [4.78, 5) is 7.04. The molecule has 3 heterocycles. The first-order valence-electron chi connectivity index (χ1n) is 8.00. The average molecular weight is 291 g/mol. The van der Waals surface area contributed by atoms with Gasteiger partial charge in [-0.2, -0.15) is 0 Å². The monoisotopic (exact) mass is 291 g/mol. The summed E-state index contributed by atoms with van der Waals surface area (Å²) in [6, 6.07) is 15.0. The summed E-state index contributed by atoms with van der Waals surface area (Å²) in [5.41, 5.74) is 6.80. The zero-order valence-corrected chi connectivity index (χ0v) is 13.0. The number of aromatic nitrogens is 2. The van der Waals surface area contributed by atoms with Crippen molar-refractivity contribution < 1.29 is 0 Å². The Balaban J connectivity index is 1.74. The first-order valence-corrected chi connectivity index (χ1v) is 8.00. The van der Waals surface area contributed by atoms with E-state index in [0.717, 1.165) is 32.5 Å². The second-order valence-corrected chi connectivity index (χ2v) is 6.17. The molecule has 112 valence electrons. The predicted molar refractivity (Wildman–Crippen MR) is 89.9 cm³/mol. The quantitative estimate of drug-likeness (QED) is 0.738. The molecule has 0 aliphatic carbocycles. The molecule has 2 aromatic heterocycles. The van der Waals surface area contributed by atoms with Crippen LogP contribution in [0, 0.1) is 0 Å². The van der Waals surface area contributed by atoms with Crippen molar-refractivity contribution in [3.8, 4) is 0 Å². The van der Waals surface area contributed by atoms with Crippen molar-refractivity contribution in [3.63, 3.8) is 0 Å². The number of benzene rings is 1. The van der Waals surface area contributed by atoms with Crippen LogP contribution in [0.5, 0.6) is 0 Å². The number of hydrogen-bond acceptors (Lipinski definition) is 2. The Morgan fingerprint density at radius 1 is 1.09 bits per heavy atom. The molecule has 0 saturated heterocycles. The van der Waals surface area contributed by atoms with Gasteiger partial charge in [-0.15, -0.1) is 0 Å². The first-order chi connectivity index (χ1) is 10.8. The van der Waals surface area contributed by atoms with Gasteiger partial charge in [0.15, 0.2) is 0 Å². The molecular formula is C19H21N3. The minimum Gasteiger partial charge on any atom is -0.343 e. The molecule has 1 aromatic carbocycles. The Morgan fingerprint density at radius 3 is 2.82 bits per heavy atom. The molecule has 4 rings (SSSR count). The fraction of sp³-hybridized carbons (Fsp3) is 0.316. The van der Waals surface area contributed by atoms with E-state index in [4.69, 9.17) is 0 Å². The lowest BCUT2D eigenvalue weighted by atomic mass is 10.1. The number of hydrogen-bond donors (Lipinski definition) is 0. The summed E-state index contributed by atoms with van der Waals surface area (Å²) >= 11 is 0. The van der Waals surface area contributed by atoms with Crippen LogP contribution in [0.15, 0.2) is 48.7 Å². The van der Waals surface area contributed by atoms with E-state index < -0.39 is 0 Å². The normalized spacial score (nSPS) is 15.1. The maximum absolute atomic E-state index is 4.66. The van der Waals surface area contributed by atoms with E-state index in [9.17, 15) is 0 Å². The molecule has 0 amide bonds. The van der Waals surface area contributed by atoms with Crippen molar-refractivity contribution in [2.24, 2.45) is 0 Å². The largest absolute Gasteiger partial charge is 0.343 e.